The van der Waals surface area contributed by atoms with Crippen molar-refractivity contribution in [3.05, 3.63) is 0 Å². The third-order valence-corrected chi connectivity index (χ3v) is 4.66. The normalized spacial score (nSPS) is 11.7. The van der Waals surface area contributed by atoms with Gasteiger partial charge in [0.1, 0.15) is 0 Å². The van der Waals surface area contributed by atoms with Crippen molar-refractivity contribution in [3.8, 4) is 0 Å². The number of hydrogen-bond donors (Lipinski definition) is 1. The van der Waals surface area contributed by atoms with Gasteiger partial charge in [0.05, 0.1) is 0 Å². The second-order valence-electron chi connectivity index (χ2n) is 2.82. The largest absolute Gasteiger partial charge is 0.574 e. The number of hydrogen-bond acceptors (Lipinski definition) is 5. The van der Waals surface area contributed by atoms with E-state index in [1.807, 2.05) is 20.8 Å². The molecule has 6 heteroatoms. The van der Waals surface area contributed by atoms with E-state index in [1.165, 1.54) is 0 Å². The van der Waals surface area contributed by atoms with Gasteiger partial charge in [-0.25, -0.2) is 0 Å². The summed E-state index contributed by atoms with van der Waals surface area (Å²) in [7, 11) is -3.14. The Morgan fingerprint density at radius 1 is 1.07 bits per heavy atom. The van der Waals surface area contributed by atoms with E-state index in [-0.39, 0.29) is 11.8 Å². The Labute approximate surface area is 92.3 Å². The summed E-state index contributed by atoms with van der Waals surface area (Å²) in [6.07, 6.45) is 0.242. The van der Waals surface area contributed by atoms with E-state index in [0.717, 1.165) is 0 Å². The van der Waals surface area contributed by atoms with Crippen molar-refractivity contribution in [1.82, 2.24) is 0 Å². The molecule has 2 N–H and O–H groups in total. The SMILES string of the molecule is CCO[Si](OCC)(OCC)C(=O)CCN. The zero-order chi connectivity index (χ0) is 11.7. The molecule has 90 valence electrons. The molecule has 15 heavy (non-hydrogen) atoms. The maximum Gasteiger partial charge on any atom is 0.574 e. The Bertz CT molecular complexity index is 172. The molecular weight excluding hydrogens is 214 g/mol. The van der Waals surface area contributed by atoms with Crippen LogP contribution in [0.4, 0.5) is 0 Å². The maximum atomic E-state index is 11.8. The smallest absolute Gasteiger partial charge is 0.369 e. The van der Waals surface area contributed by atoms with E-state index in [0.29, 0.717) is 26.4 Å². The van der Waals surface area contributed by atoms with Crippen LogP contribution in [0, 0.1) is 0 Å². The van der Waals surface area contributed by atoms with Crippen LogP contribution in [0.2, 0.25) is 0 Å². The van der Waals surface area contributed by atoms with Crippen LogP contribution in [0.15, 0.2) is 0 Å². The zero-order valence-corrected chi connectivity index (χ0v) is 10.7. The summed E-state index contributed by atoms with van der Waals surface area (Å²) >= 11 is 0. The highest BCUT2D eigenvalue weighted by atomic mass is 28.4. The monoisotopic (exact) mass is 235 g/mol. The standard InChI is InChI=1S/C9H21NO4Si/c1-4-12-15(13-5-2,14-6-3)9(11)7-8-10/h4-8,10H2,1-3H3. The van der Waals surface area contributed by atoms with Gasteiger partial charge in [0.25, 0.3) is 0 Å². The molecule has 0 fully saturated rings. The average molecular weight is 235 g/mol. The van der Waals surface area contributed by atoms with Crippen molar-refractivity contribution < 1.29 is 18.1 Å². The van der Waals surface area contributed by atoms with Gasteiger partial charge in [-0.15, -0.1) is 0 Å². The summed E-state index contributed by atoms with van der Waals surface area (Å²) in [6, 6.07) is 0. The Morgan fingerprint density at radius 3 is 1.73 bits per heavy atom. The van der Waals surface area contributed by atoms with Crippen LogP contribution in [-0.4, -0.2) is 40.6 Å². The highest BCUT2D eigenvalue weighted by Gasteiger charge is 2.48. The van der Waals surface area contributed by atoms with Crippen LogP contribution < -0.4 is 5.73 Å². The molecule has 0 rings (SSSR count). The molecule has 0 radical (unpaired) electrons. The predicted molar refractivity (Wildman–Crippen MR) is 59.3 cm³/mol. The van der Waals surface area contributed by atoms with Gasteiger partial charge in [0.15, 0.2) is 0 Å². The summed E-state index contributed by atoms with van der Waals surface area (Å²) < 4.78 is 16.2. The number of carbonyl (C=O) groups is 1. The van der Waals surface area contributed by atoms with Crippen molar-refractivity contribution in [2.24, 2.45) is 5.73 Å². The Kier molecular flexibility index (Phi) is 7.80. The second-order valence-corrected chi connectivity index (χ2v) is 5.35. The zero-order valence-electron chi connectivity index (χ0n) is 9.75. The minimum absolute atomic E-state index is 0.129. The molecule has 0 saturated carbocycles. The molecule has 0 aliphatic carbocycles. The third-order valence-electron chi connectivity index (χ3n) is 1.72. The van der Waals surface area contributed by atoms with E-state index in [1.54, 1.807) is 0 Å². The van der Waals surface area contributed by atoms with Gasteiger partial charge in [-0.05, 0) is 27.3 Å². The number of rotatable bonds is 9. The molecule has 5 nitrogen and oxygen atoms in total. The minimum atomic E-state index is -3.14. The lowest BCUT2D eigenvalue weighted by molar-refractivity contribution is -0.119. The van der Waals surface area contributed by atoms with Gasteiger partial charge in [0, 0.05) is 26.2 Å². The maximum absolute atomic E-state index is 11.8. The highest BCUT2D eigenvalue weighted by Crippen LogP contribution is 2.13. The Morgan fingerprint density at radius 2 is 1.47 bits per heavy atom. The molecule has 0 aliphatic rings. The summed E-state index contributed by atoms with van der Waals surface area (Å²) in [5, 5.41) is -0.129. The molecular formula is C9H21NO4Si. The van der Waals surface area contributed by atoms with Crippen molar-refractivity contribution in [1.29, 1.82) is 0 Å². The highest BCUT2D eigenvalue weighted by molar-refractivity contribution is 6.92. The molecule has 0 aliphatic heterocycles. The topological polar surface area (TPSA) is 70.8 Å². The van der Waals surface area contributed by atoms with Gasteiger partial charge in [-0.2, -0.15) is 0 Å². The van der Waals surface area contributed by atoms with Gasteiger partial charge >= 0.3 is 8.80 Å². The number of nitrogens with two attached hydrogens (primary N) is 1. The average Bonchev–Trinajstić information content (AvgIpc) is 2.19. The lowest BCUT2D eigenvalue weighted by Gasteiger charge is -2.26. The summed E-state index contributed by atoms with van der Waals surface area (Å²) in [4.78, 5) is 11.8. The summed E-state index contributed by atoms with van der Waals surface area (Å²) in [5.74, 6) is 0. The first kappa shape index (κ1) is 14.7. The summed E-state index contributed by atoms with van der Waals surface area (Å²) in [6.45, 7) is 6.95. The van der Waals surface area contributed by atoms with Gasteiger partial charge in [0.2, 0.25) is 5.41 Å². The van der Waals surface area contributed by atoms with Gasteiger partial charge in [-0.3, -0.25) is 4.79 Å². The molecule has 0 atom stereocenters. The van der Waals surface area contributed by atoms with Crippen LogP contribution in [0.5, 0.6) is 0 Å². The molecule has 0 bridgehead atoms. The molecule has 0 saturated heterocycles. The molecule has 0 unspecified atom stereocenters. The third kappa shape index (κ3) is 4.39. The molecule has 0 aromatic heterocycles. The molecule has 0 spiro atoms. The molecule has 0 heterocycles. The van der Waals surface area contributed by atoms with Crippen molar-refractivity contribution in [2.75, 3.05) is 26.4 Å². The van der Waals surface area contributed by atoms with Crippen molar-refractivity contribution >= 4 is 14.2 Å². The van der Waals surface area contributed by atoms with Gasteiger partial charge < -0.3 is 19.0 Å². The molecule has 0 amide bonds. The predicted octanol–water partition coefficient (Wildman–Crippen LogP) is 0.492. The van der Waals surface area contributed by atoms with Crippen molar-refractivity contribution in [2.45, 2.75) is 27.2 Å². The molecule has 0 aromatic rings. The fraction of sp³-hybridized carbons (Fsp3) is 0.889. The molecule has 0 aromatic carbocycles. The first-order chi connectivity index (χ1) is 7.16. The van der Waals surface area contributed by atoms with E-state index in [9.17, 15) is 4.79 Å². The lowest BCUT2D eigenvalue weighted by Crippen LogP contribution is -2.54. The first-order valence-electron chi connectivity index (χ1n) is 5.32. The quantitative estimate of drug-likeness (QED) is 0.589. The van der Waals surface area contributed by atoms with Crippen LogP contribution in [-0.2, 0) is 18.1 Å². The lowest BCUT2D eigenvalue weighted by atomic mass is 10.5. The second kappa shape index (κ2) is 7.95. The van der Waals surface area contributed by atoms with E-state index >= 15 is 0 Å². The van der Waals surface area contributed by atoms with E-state index < -0.39 is 8.80 Å². The first-order valence-corrected chi connectivity index (χ1v) is 7.04. The van der Waals surface area contributed by atoms with Crippen LogP contribution in [0.1, 0.15) is 27.2 Å². The number of carbonyl (C=O) groups excluding carboxylic acids is 1. The summed E-state index contributed by atoms with van der Waals surface area (Å²) in [5.41, 5.74) is 5.35. The Balaban J connectivity index is 4.65. The van der Waals surface area contributed by atoms with E-state index in [4.69, 9.17) is 19.0 Å². The fourth-order valence-corrected chi connectivity index (χ4v) is 3.54. The van der Waals surface area contributed by atoms with Crippen LogP contribution in [0.25, 0.3) is 0 Å². The van der Waals surface area contributed by atoms with Crippen molar-refractivity contribution in [3.63, 3.8) is 0 Å². The fourth-order valence-electron chi connectivity index (χ4n) is 1.22. The van der Waals surface area contributed by atoms with E-state index in [2.05, 4.69) is 0 Å². The van der Waals surface area contributed by atoms with Crippen LogP contribution >= 0.6 is 0 Å². The Hall–Kier alpha value is -0.273. The van der Waals surface area contributed by atoms with Crippen LogP contribution in [0.3, 0.4) is 0 Å². The minimum Gasteiger partial charge on any atom is -0.369 e. The van der Waals surface area contributed by atoms with Gasteiger partial charge in [-0.1, -0.05) is 0 Å².